The Morgan fingerprint density at radius 2 is 1.56 bits per heavy atom. The van der Waals surface area contributed by atoms with Crippen molar-refractivity contribution in [3.63, 3.8) is 0 Å². The SMILES string of the molecule is Fc1cncc(C2CCCCCCCC2)c1. The van der Waals surface area contributed by atoms with E-state index in [1.165, 1.54) is 57.6 Å². The molecule has 2 rings (SSSR count). The molecule has 0 atom stereocenters. The van der Waals surface area contributed by atoms with Gasteiger partial charge in [-0.3, -0.25) is 4.98 Å². The van der Waals surface area contributed by atoms with Crippen LogP contribution in [0.3, 0.4) is 0 Å². The maximum absolute atomic E-state index is 13.1. The maximum atomic E-state index is 13.1. The summed E-state index contributed by atoms with van der Waals surface area (Å²) in [6.07, 6.45) is 13.5. The highest BCUT2D eigenvalue weighted by Crippen LogP contribution is 2.30. The number of hydrogen-bond acceptors (Lipinski definition) is 1. The lowest BCUT2D eigenvalue weighted by Crippen LogP contribution is -2.00. The fraction of sp³-hybridized carbons (Fsp3) is 0.643. The molecule has 0 saturated heterocycles. The molecule has 0 unspecified atom stereocenters. The minimum Gasteiger partial charge on any atom is -0.261 e. The van der Waals surface area contributed by atoms with Crippen LogP contribution in [0.1, 0.15) is 62.8 Å². The molecular weight excluding hydrogens is 201 g/mol. The third kappa shape index (κ3) is 3.29. The standard InChI is InChI=1S/C14H20FN/c15-14-9-13(10-16-11-14)12-7-5-3-1-2-4-6-8-12/h9-12H,1-8H2. The van der Waals surface area contributed by atoms with Gasteiger partial charge in [-0.1, -0.05) is 38.5 Å². The predicted molar refractivity (Wildman–Crippen MR) is 63.9 cm³/mol. The molecule has 1 aliphatic rings. The van der Waals surface area contributed by atoms with E-state index in [4.69, 9.17) is 0 Å². The third-order valence-electron chi connectivity index (χ3n) is 3.55. The Morgan fingerprint density at radius 1 is 0.938 bits per heavy atom. The quantitative estimate of drug-likeness (QED) is 0.683. The van der Waals surface area contributed by atoms with Crippen molar-refractivity contribution in [3.05, 3.63) is 29.8 Å². The molecule has 1 heterocycles. The monoisotopic (exact) mass is 221 g/mol. The first kappa shape index (κ1) is 11.6. The highest BCUT2D eigenvalue weighted by molar-refractivity contribution is 5.15. The van der Waals surface area contributed by atoms with Gasteiger partial charge in [0.1, 0.15) is 5.82 Å². The third-order valence-corrected chi connectivity index (χ3v) is 3.55. The molecule has 0 bridgehead atoms. The molecule has 0 aromatic carbocycles. The van der Waals surface area contributed by atoms with E-state index in [0.29, 0.717) is 5.92 Å². The average Bonchev–Trinajstić information content (AvgIpc) is 2.42. The van der Waals surface area contributed by atoms with Crippen LogP contribution in [0.15, 0.2) is 18.5 Å². The van der Waals surface area contributed by atoms with Crippen LogP contribution in [0.25, 0.3) is 0 Å². The molecule has 1 saturated carbocycles. The largest absolute Gasteiger partial charge is 0.261 e. The van der Waals surface area contributed by atoms with Gasteiger partial charge in [0.25, 0.3) is 0 Å². The second-order valence-corrected chi connectivity index (χ2v) is 4.83. The summed E-state index contributed by atoms with van der Waals surface area (Å²) in [5, 5.41) is 0. The van der Waals surface area contributed by atoms with E-state index in [-0.39, 0.29) is 5.82 Å². The Kier molecular flexibility index (Phi) is 4.32. The lowest BCUT2D eigenvalue weighted by atomic mass is 9.91. The first-order chi connectivity index (χ1) is 7.86. The van der Waals surface area contributed by atoms with E-state index in [1.807, 2.05) is 6.20 Å². The Morgan fingerprint density at radius 3 is 2.19 bits per heavy atom. The summed E-state index contributed by atoms with van der Waals surface area (Å²) in [7, 11) is 0. The molecule has 0 aliphatic heterocycles. The van der Waals surface area contributed by atoms with Crippen LogP contribution >= 0.6 is 0 Å². The van der Waals surface area contributed by atoms with Gasteiger partial charge in [-0.05, 0) is 30.4 Å². The van der Waals surface area contributed by atoms with Crippen LogP contribution in [0.5, 0.6) is 0 Å². The van der Waals surface area contributed by atoms with Crippen molar-refractivity contribution >= 4 is 0 Å². The Hall–Kier alpha value is -0.920. The van der Waals surface area contributed by atoms with Crippen LogP contribution < -0.4 is 0 Å². The normalized spacial score (nSPS) is 19.8. The van der Waals surface area contributed by atoms with E-state index in [0.717, 1.165) is 5.56 Å². The highest BCUT2D eigenvalue weighted by atomic mass is 19.1. The van der Waals surface area contributed by atoms with E-state index >= 15 is 0 Å². The fourth-order valence-corrected chi connectivity index (χ4v) is 2.62. The van der Waals surface area contributed by atoms with Crippen molar-refractivity contribution in [1.82, 2.24) is 4.98 Å². The van der Waals surface area contributed by atoms with Crippen molar-refractivity contribution in [2.45, 2.75) is 57.3 Å². The summed E-state index contributed by atoms with van der Waals surface area (Å²) in [6, 6.07) is 1.66. The molecule has 1 aromatic heterocycles. The fourth-order valence-electron chi connectivity index (χ4n) is 2.62. The van der Waals surface area contributed by atoms with E-state index in [9.17, 15) is 4.39 Å². The van der Waals surface area contributed by atoms with Gasteiger partial charge in [-0.2, -0.15) is 0 Å². The highest BCUT2D eigenvalue weighted by Gasteiger charge is 2.13. The summed E-state index contributed by atoms with van der Waals surface area (Å²) in [4.78, 5) is 3.96. The van der Waals surface area contributed by atoms with Gasteiger partial charge in [0.2, 0.25) is 0 Å². The van der Waals surface area contributed by atoms with Crippen molar-refractivity contribution in [1.29, 1.82) is 0 Å². The summed E-state index contributed by atoms with van der Waals surface area (Å²) in [5.74, 6) is 0.332. The summed E-state index contributed by atoms with van der Waals surface area (Å²) >= 11 is 0. The van der Waals surface area contributed by atoms with Crippen molar-refractivity contribution in [3.8, 4) is 0 Å². The molecular formula is C14H20FN. The lowest BCUT2D eigenvalue weighted by Gasteiger charge is -2.15. The summed E-state index contributed by atoms with van der Waals surface area (Å²) < 4.78 is 13.1. The molecule has 16 heavy (non-hydrogen) atoms. The van der Waals surface area contributed by atoms with E-state index < -0.39 is 0 Å². The Bertz CT molecular complexity index is 314. The van der Waals surface area contributed by atoms with Crippen molar-refractivity contribution in [2.75, 3.05) is 0 Å². The van der Waals surface area contributed by atoms with Gasteiger partial charge < -0.3 is 0 Å². The van der Waals surface area contributed by atoms with E-state index in [2.05, 4.69) is 4.98 Å². The Labute approximate surface area is 97.1 Å². The molecule has 0 radical (unpaired) electrons. The van der Waals surface area contributed by atoms with Gasteiger partial charge >= 0.3 is 0 Å². The smallest absolute Gasteiger partial charge is 0.141 e. The van der Waals surface area contributed by atoms with Gasteiger partial charge in [0.05, 0.1) is 6.20 Å². The van der Waals surface area contributed by atoms with Gasteiger partial charge in [-0.15, -0.1) is 0 Å². The second-order valence-electron chi connectivity index (χ2n) is 4.83. The first-order valence-corrected chi connectivity index (χ1v) is 6.47. The summed E-state index contributed by atoms with van der Waals surface area (Å²) in [5.41, 5.74) is 1.10. The molecule has 1 nitrogen and oxygen atoms in total. The van der Waals surface area contributed by atoms with E-state index in [1.54, 1.807) is 6.07 Å². The molecule has 2 heteroatoms. The molecule has 1 aromatic rings. The lowest BCUT2D eigenvalue weighted by molar-refractivity contribution is 0.531. The minimum atomic E-state index is -0.197. The van der Waals surface area contributed by atoms with Crippen LogP contribution in [0.2, 0.25) is 0 Å². The van der Waals surface area contributed by atoms with Gasteiger partial charge in [0, 0.05) is 6.20 Å². The van der Waals surface area contributed by atoms with Crippen molar-refractivity contribution < 1.29 is 4.39 Å². The molecule has 0 amide bonds. The van der Waals surface area contributed by atoms with Crippen LogP contribution in [0.4, 0.5) is 4.39 Å². The average molecular weight is 221 g/mol. The Balaban J connectivity index is 2.04. The number of pyridine rings is 1. The first-order valence-electron chi connectivity index (χ1n) is 6.47. The molecule has 1 fully saturated rings. The maximum Gasteiger partial charge on any atom is 0.141 e. The molecule has 0 spiro atoms. The predicted octanol–water partition coefficient (Wildman–Crippen LogP) is 4.44. The summed E-state index contributed by atoms with van der Waals surface area (Å²) in [6.45, 7) is 0. The minimum absolute atomic E-state index is 0.197. The van der Waals surface area contributed by atoms with Crippen LogP contribution in [-0.2, 0) is 0 Å². The molecule has 88 valence electrons. The second kappa shape index (κ2) is 5.97. The van der Waals surface area contributed by atoms with Gasteiger partial charge in [0.15, 0.2) is 0 Å². The van der Waals surface area contributed by atoms with Crippen LogP contribution in [0, 0.1) is 5.82 Å². The van der Waals surface area contributed by atoms with Crippen molar-refractivity contribution in [2.24, 2.45) is 0 Å². The molecule has 1 aliphatic carbocycles. The number of rotatable bonds is 1. The zero-order valence-electron chi connectivity index (χ0n) is 9.79. The topological polar surface area (TPSA) is 12.9 Å². The number of aromatic nitrogens is 1. The number of hydrogen-bond donors (Lipinski definition) is 0. The number of nitrogens with zero attached hydrogens (tertiary/aromatic N) is 1. The zero-order chi connectivity index (χ0) is 11.2. The zero-order valence-corrected chi connectivity index (χ0v) is 9.79. The molecule has 0 N–H and O–H groups in total. The van der Waals surface area contributed by atoms with Gasteiger partial charge in [-0.25, -0.2) is 4.39 Å². The van der Waals surface area contributed by atoms with Crippen LogP contribution in [-0.4, -0.2) is 4.98 Å². The number of halogens is 1.